The van der Waals surface area contributed by atoms with Gasteiger partial charge in [-0.25, -0.2) is 4.98 Å². The van der Waals surface area contributed by atoms with Crippen LogP contribution < -0.4 is 10.6 Å². The van der Waals surface area contributed by atoms with Crippen molar-refractivity contribution in [3.05, 3.63) is 70.5 Å². The van der Waals surface area contributed by atoms with Crippen LogP contribution in [0.25, 0.3) is 0 Å². The minimum Gasteiger partial charge on any atom is -0.380 e. The molecular weight excluding hydrogens is 333 g/mol. The Morgan fingerprint density at radius 2 is 2.09 bits per heavy atom. The molecule has 2 N–H and O–H groups in total. The highest BCUT2D eigenvalue weighted by atomic mass is 35.5. The fraction of sp³-hybridized carbons (Fsp3) is 0.176. The summed E-state index contributed by atoms with van der Waals surface area (Å²) in [6.45, 7) is 4.75. The molecule has 2 rings (SSSR count). The SMILES string of the molecule is C=CCNc1ccc(C(=O)NCCc2ccc(Cl)cc2Cl)nc1. The number of hydrogen-bond donors (Lipinski definition) is 2. The Balaban J connectivity index is 1.85. The highest BCUT2D eigenvalue weighted by molar-refractivity contribution is 6.35. The summed E-state index contributed by atoms with van der Waals surface area (Å²) in [6.07, 6.45) is 4.00. The lowest BCUT2D eigenvalue weighted by Gasteiger charge is -2.08. The van der Waals surface area contributed by atoms with Crippen molar-refractivity contribution in [3.8, 4) is 0 Å². The first-order valence-electron chi connectivity index (χ1n) is 7.13. The zero-order valence-electron chi connectivity index (χ0n) is 12.5. The Labute approximate surface area is 145 Å². The predicted molar refractivity (Wildman–Crippen MR) is 95.4 cm³/mol. The van der Waals surface area contributed by atoms with E-state index in [0.717, 1.165) is 11.3 Å². The van der Waals surface area contributed by atoms with Gasteiger partial charge in [-0.05, 0) is 36.2 Å². The summed E-state index contributed by atoms with van der Waals surface area (Å²) in [5, 5.41) is 7.11. The number of carbonyl (C=O) groups is 1. The van der Waals surface area contributed by atoms with Gasteiger partial charge in [-0.1, -0.05) is 35.3 Å². The Hall–Kier alpha value is -2.04. The van der Waals surface area contributed by atoms with Crippen LogP contribution in [-0.2, 0) is 6.42 Å². The topological polar surface area (TPSA) is 54.0 Å². The lowest BCUT2D eigenvalue weighted by atomic mass is 10.1. The molecule has 1 aromatic heterocycles. The summed E-state index contributed by atoms with van der Waals surface area (Å²) < 4.78 is 0. The van der Waals surface area contributed by atoms with Crippen molar-refractivity contribution in [2.45, 2.75) is 6.42 Å². The number of benzene rings is 1. The standard InChI is InChI=1S/C17H17Cl2N3O/c1-2-8-20-14-5-6-16(22-11-14)17(23)21-9-7-12-3-4-13(18)10-15(12)19/h2-6,10-11,20H,1,7-9H2,(H,21,23). The van der Waals surface area contributed by atoms with Gasteiger partial charge in [0, 0.05) is 23.1 Å². The number of rotatable bonds is 7. The van der Waals surface area contributed by atoms with Gasteiger partial charge in [0.05, 0.1) is 11.9 Å². The second-order valence-corrected chi connectivity index (χ2v) is 5.69. The number of carbonyl (C=O) groups excluding carboxylic acids is 1. The Morgan fingerprint density at radius 3 is 2.74 bits per heavy atom. The third-order valence-corrected chi connectivity index (χ3v) is 3.73. The number of pyridine rings is 1. The molecule has 0 atom stereocenters. The van der Waals surface area contributed by atoms with Gasteiger partial charge in [-0.15, -0.1) is 6.58 Å². The van der Waals surface area contributed by atoms with E-state index in [1.54, 1.807) is 30.5 Å². The molecule has 0 unspecified atom stereocenters. The number of aromatic nitrogens is 1. The number of amides is 1. The minimum atomic E-state index is -0.217. The third kappa shape index (κ3) is 5.27. The molecule has 4 nitrogen and oxygen atoms in total. The molecule has 0 saturated carbocycles. The Kier molecular flexibility index (Phi) is 6.44. The van der Waals surface area contributed by atoms with E-state index in [4.69, 9.17) is 23.2 Å². The number of nitrogens with zero attached hydrogens (tertiary/aromatic N) is 1. The minimum absolute atomic E-state index is 0.217. The van der Waals surface area contributed by atoms with Crippen molar-refractivity contribution in [1.82, 2.24) is 10.3 Å². The van der Waals surface area contributed by atoms with Crippen molar-refractivity contribution in [2.75, 3.05) is 18.4 Å². The molecule has 0 aliphatic rings. The maximum absolute atomic E-state index is 12.0. The highest BCUT2D eigenvalue weighted by Gasteiger charge is 2.07. The van der Waals surface area contributed by atoms with E-state index in [2.05, 4.69) is 22.2 Å². The summed E-state index contributed by atoms with van der Waals surface area (Å²) in [6, 6.07) is 8.81. The van der Waals surface area contributed by atoms with Gasteiger partial charge in [0.15, 0.2) is 0 Å². The zero-order chi connectivity index (χ0) is 16.7. The lowest BCUT2D eigenvalue weighted by molar-refractivity contribution is 0.0949. The molecule has 0 aliphatic heterocycles. The van der Waals surface area contributed by atoms with E-state index in [0.29, 0.717) is 35.2 Å². The quantitative estimate of drug-likeness (QED) is 0.744. The maximum atomic E-state index is 12.0. The zero-order valence-corrected chi connectivity index (χ0v) is 14.0. The second-order valence-electron chi connectivity index (χ2n) is 4.84. The van der Waals surface area contributed by atoms with Gasteiger partial charge < -0.3 is 10.6 Å². The predicted octanol–water partition coefficient (Wildman–Crippen LogP) is 3.96. The van der Waals surface area contributed by atoms with Crippen molar-refractivity contribution in [1.29, 1.82) is 0 Å². The molecule has 0 bridgehead atoms. The van der Waals surface area contributed by atoms with Crippen LogP contribution in [0.3, 0.4) is 0 Å². The summed E-state index contributed by atoms with van der Waals surface area (Å²) in [7, 11) is 0. The van der Waals surface area contributed by atoms with Crippen molar-refractivity contribution < 1.29 is 4.79 Å². The monoisotopic (exact) mass is 349 g/mol. The molecular formula is C17H17Cl2N3O. The Morgan fingerprint density at radius 1 is 1.26 bits per heavy atom. The molecule has 0 radical (unpaired) electrons. The van der Waals surface area contributed by atoms with Gasteiger partial charge in [0.1, 0.15) is 5.69 Å². The van der Waals surface area contributed by atoms with Crippen LogP contribution in [0.15, 0.2) is 49.2 Å². The summed E-state index contributed by atoms with van der Waals surface area (Å²) in [5.74, 6) is -0.217. The second kappa shape index (κ2) is 8.56. The van der Waals surface area contributed by atoms with Gasteiger partial charge >= 0.3 is 0 Å². The molecule has 1 heterocycles. The summed E-state index contributed by atoms with van der Waals surface area (Å²) in [5.41, 5.74) is 2.15. The smallest absolute Gasteiger partial charge is 0.269 e. The van der Waals surface area contributed by atoms with Crippen LogP contribution in [0.4, 0.5) is 5.69 Å². The van der Waals surface area contributed by atoms with E-state index in [-0.39, 0.29) is 5.91 Å². The first-order chi connectivity index (χ1) is 11.1. The fourth-order valence-electron chi connectivity index (χ4n) is 1.95. The molecule has 6 heteroatoms. The van der Waals surface area contributed by atoms with Crippen LogP contribution in [-0.4, -0.2) is 24.0 Å². The number of hydrogen-bond acceptors (Lipinski definition) is 3. The molecule has 1 amide bonds. The van der Waals surface area contributed by atoms with Crippen LogP contribution >= 0.6 is 23.2 Å². The fourth-order valence-corrected chi connectivity index (χ4v) is 2.45. The van der Waals surface area contributed by atoms with Crippen molar-refractivity contribution >= 4 is 34.8 Å². The molecule has 0 fully saturated rings. The largest absolute Gasteiger partial charge is 0.380 e. The molecule has 120 valence electrons. The van der Waals surface area contributed by atoms with E-state index in [9.17, 15) is 4.79 Å². The van der Waals surface area contributed by atoms with Crippen LogP contribution in [0.5, 0.6) is 0 Å². The number of anilines is 1. The average Bonchev–Trinajstić information content (AvgIpc) is 2.55. The highest BCUT2D eigenvalue weighted by Crippen LogP contribution is 2.21. The number of nitrogens with one attached hydrogen (secondary N) is 2. The molecule has 0 spiro atoms. The normalized spacial score (nSPS) is 10.2. The van der Waals surface area contributed by atoms with Gasteiger partial charge in [0.2, 0.25) is 0 Å². The first kappa shape index (κ1) is 17.3. The molecule has 23 heavy (non-hydrogen) atoms. The number of halogens is 2. The van der Waals surface area contributed by atoms with Gasteiger partial charge in [-0.2, -0.15) is 0 Å². The van der Waals surface area contributed by atoms with E-state index >= 15 is 0 Å². The molecule has 1 aromatic carbocycles. The average molecular weight is 350 g/mol. The van der Waals surface area contributed by atoms with E-state index in [1.165, 1.54) is 0 Å². The van der Waals surface area contributed by atoms with Crippen molar-refractivity contribution in [2.24, 2.45) is 0 Å². The Bertz CT molecular complexity index is 687. The summed E-state index contributed by atoms with van der Waals surface area (Å²) >= 11 is 12.0. The van der Waals surface area contributed by atoms with Crippen molar-refractivity contribution in [3.63, 3.8) is 0 Å². The third-order valence-electron chi connectivity index (χ3n) is 3.14. The molecule has 0 aliphatic carbocycles. The van der Waals surface area contributed by atoms with Gasteiger partial charge in [-0.3, -0.25) is 4.79 Å². The van der Waals surface area contributed by atoms with Crippen LogP contribution in [0, 0.1) is 0 Å². The van der Waals surface area contributed by atoms with E-state index in [1.807, 2.05) is 12.1 Å². The molecule has 0 saturated heterocycles. The summed E-state index contributed by atoms with van der Waals surface area (Å²) in [4.78, 5) is 16.2. The van der Waals surface area contributed by atoms with Crippen LogP contribution in [0.1, 0.15) is 16.1 Å². The maximum Gasteiger partial charge on any atom is 0.269 e. The molecule has 2 aromatic rings. The lowest BCUT2D eigenvalue weighted by Crippen LogP contribution is -2.26. The first-order valence-corrected chi connectivity index (χ1v) is 7.88. The van der Waals surface area contributed by atoms with Crippen LogP contribution in [0.2, 0.25) is 10.0 Å². The van der Waals surface area contributed by atoms with Gasteiger partial charge in [0.25, 0.3) is 5.91 Å². The van der Waals surface area contributed by atoms with E-state index < -0.39 is 0 Å².